The van der Waals surface area contributed by atoms with Gasteiger partial charge in [0.15, 0.2) is 5.65 Å². The molecule has 7 nitrogen and oxygen atoms in total. The van der Waals surface area contributed by atoms with Crippen LogP contribution in [0.4, 0.5) is 11.8 Å². The Kier molecular flexibility index (Phi) is 5.55. The molecule has 0 bridgehead atoms. The van der Waals surface area contributed by atoms with Crippen LogP contribution < -0.4 is 10.6 Å². The minimum Gasteiger partial charge on any atom is -0.380 e. The topological polar surface area (TPSA) is 87.8 Å². The van der Waals surface area contributed by atoms with Gasteiger partial charge in [0, 0.05) is 19.7 Å². The molecule has 0 fully saturated rings. The van der Waals surface area contributed by atoms with Crippen LogP contribution in [0.5, 0.6) is 0 Å². The summed E-state index contributed by atoms with van der Waals surface area (Å²) in [5.41, 5.74) is 0.727. The molecule has 2 heterocycles. The molecule has 2 aromatic rings. The number of hydrogen-bond acceptors (Lipinski definition) is 6. The van der Waals surface area contributed by atoms with Crippen molar-refractivity contribution in [3.05, 3.63) is 6.20 Å². The summed E-state index contributed by atoms with van der Waals surface area (Å²) in [7, 11) is 0. The van der Waals surface area contributed by atoms with E-state index in [1.807, 2.05) is 6.92 Å². The second-order valence-corrected chi connectivity index (χ2v) is 4.45. The number of nitrogens with zero attached hydrogens (tertiary/aromatic N) is 3. The van der Waals surface area contributed by atoms with Gasteiger partial charge in [-0.15, -0.1) is 0 Å². The molecule has 0 atom stereocenters. The summed E-state index contributed by atoms with van der Waals surface area (Å²) < 4.78 is 5.52. The van der Waals surface area contributed by atoms with Gasteiger partial charge in [0.05, 0.1) is 18.2 Å². The Bertz CT molecular complexity index is 527. The minimum absolute atomic E-state index is 0.596. The smallest absolute Gasteiger partial charge is 0.226 e. The fraction of sp³-hybridized carbons (Fsp3) is 0.615. The summed E-state index contributed by atoms with van der Waals surface area (Å²) in [5, 5.41) is 14.1. The summed E-state index contributed by atoms with van der Waals surface area (Å²) >= 11 is 0. The number of aromatic nitrogens is 4. The van der Waals surface area contributed by atoms with Crippen LogP contribution in [-0.4, -0.2) is 46.5 Å². The second kappa shape index (κ2) is 7.64. The number of aromatic amines is 1. The number of hydrogen-bond donors (Lipinski definition) is 3. The van der Waals surface area contributed by atoms with Gasteiger partial charge in [-0.05, 0) is 13.3 Å². The van der Waals surface area contributed by atoms with Crippen LogP contribution in [0.3, 0.4) is 0 Å². The van der Waals surface area contributed by atoms with Crippen molar-refractivity contribution in [2.75, 3.05) is 36.9 Å². The number of H-pyrrole nitrogens is 1. The van der Waals surface area contributed by atoms with Gasteiger partial charge < -0.3 is 15.4 Å². The Labute approximate surface area is 118 Å². The molecule has 0 spiro atoms. The SMILES string of the molecule is CCCCOCCNc1nc(NCC)nc2[nH]ncc12. The third-order valence-electron chi connectivity index (χ3n) is 2.83. The summed E-state index contributed by atoms with van der Waals surface area (Å²) in [4.78, 5) is 8.79. The van der Waals surface area contributed by atoms with Gasteiger partial charge in [-0.2, -0.15) is 15.1 Å². The van der Waals surface area contributed by atoms with E-state index in [2.05, 4.69) is 37.7 Å². The quantitative estimate of drug-likeness (QED) is 0.608. The summed E-state index contributed by atoms with van der Waals surface area (Å²) in [5.74, 6) is 1.37. The third-order valence-corrected chi connectivity index (χ3v) is 2.83. The number of ether oxygens (including phenoxy) is 1. The molecule has 20 heavy (non-hydrogen) atoms. The molecule has 0 aromatic carbocycles. The first-order valence-electron chi connectivity index (χ1n) is 7.11. The molecule has 0 saturated heterocycles. The van der Waals surface area contributed by atoms with Gasteiger partial charge in [-0.25, -0.2) is 0 Å². The molecule has 0 aliphatic heterocycles. The van der Waals surface area contributed by atoms with Crippen molar-refractivity contribution >= 4 is 22.8 Å². The highest BCUT2D eigenvalue weighted by atomic mass is 16.5. The summed E-state index contributed by atoms with van der Waals surface area (Å²) in [6.45, 7) is 7.13. The monoisotopic (exact) mass is 278 g/mol. The lowest BCUT2D eigenvalue weighted by atomic mass is 10.4. The van der Waals surface area contributed by atoms with Crippen LogP contribution in [0.2, 0.25) is 0 Å². The van der Waals surface area contributed by atoms with E-state index in [0.717, 1.165) is 42.8 Å². The lowest BCUT2D eigenvalue weighted by Gasteiger charge is -2.09. The van der Waals surface area contributed by atoms with Crippen LogP contribution >= 0.6 is 0 Å². The molecule has 110 valence electrons. The third kappa shape index (κ3) is 3.80. The number of fused-ring (bicyclic) bond motifs is 1. The van der Waals surface area contributed by atoms with Gasteiger partial charge in [-0.3, -0.25) is 5.10 Å². The average Bonchev–Trinajstić information content (AvgIpc) is 2.91. The van der Waals surface area contributed by atoms with Crippen molar-refractivity contribution < 1.29 is 4.74 Å². The zero-order valence-electron chi connectivity index (χ0n) is 12.1. The predicted octanol–water partition coefficient (Wildman–Crippen LogP) is 2.01. The van der Waals surface area contributed by atoms with Crippen molar-refractivity contribution in [2.45, 2.75) is 26.7 Å². The largest absolute Gasteiger partial charge is 0.380 e. The molecule has 0 aliphatic rings. The molecule has 0 radical (unpaired) electrons. The van der Waals surface area contributed by atoms with Gasteiger partial charge in [-0.1, -0.05) is 13.3 Å². The second-order valence-electron chi connectivity index (χ2n) is 4.45. The van der Waals surface area contributed by atoms with Crippen molar-refractivity contribution in [3.63, 3.8) is 0 Å². The highest BCUT2D eigenvalue weighted by molar-refractivity contribution is 5.86. The lowest BCUT2D eigenvalue weighted by Crippen LogP contribution is -2.12. The van der Waals surface area contributed by atoms with Crippen LogP contribution in [-0.2, 0) is 4.74 Å². The van der Waals surface area contributed by atoms with Crippen LogP contribution in [0, 0.1) is 0 Å². The first-order valence-corrected chi connectivity index (χ1v) is 7.11. The fourth-order valence-corrected chi connectivity index (χ4v) is 1.80. The lowest BCUT2D eigenvalue weighted by molar-refractivity contribution is 0.141. The van der Waals surface area contributed by atoms with Crippen LogP contribution in [0.15, 0.2) is 6.20 Å². The molecule has 0 aliphatic carbocycles. The first-order chi connectivity index (χ1) is 9.85. The Morgan fingerprint density at radius 2 is 2.10 bits per heavy atom. The molecule has 2 rings (SSSR count). The standard InChI is InChI=1S/C13H22N6O/c1-3-5-7-20-8-6-15-11-10-9-16-19-12(10)18-13(17-11)14-4-2/h9H,3-8H2,1-2H3,(H3,14,15,16,17,18,19). The van der Waals surface area contributed by atoms with E-state index < -0.39 is 0 Å². The van der Waals surface area contributed by atoms with E-state index in [-0.39, 0.29) is 0 Å². The highest BCUT2D eigenvalue weighted by Crippen LogP contribution is 2.19. The van der Waals surface area contributed by atoms with Gasteiger partial charge in [0.25, 0.3) is 0 Å². The predicted molar refractivity (Wildman–Crippen MR) is 80.1 cm³/mol. The fourth-order valence-electron chi connectivity index (χ4n) is 1.80. The van der Waals surface area contributed by atoms with E-state index in [1.54, 1.807) is 6.20 Å². The molecule has 7 heteroatoms. The van der Waals surface area contributed by atoms with Crippen molar-refractivity contribution in [1.82, 2.24) is 20.2 Å². The van der Waals surface area contributed by atoms with Crippen LogP contribution in [0.1, 0.15) is 26.7 Å². The molecule has 0 saturated carbocycles. The highest BCUT2D eigenvalue weighted by Gasteiger charge is 2.08. The van der Waals surface area contributed by atoms with Crippen molar-refractivity contribution in [1.29, 1.82) is 0 Å². The van der Waals surface area contributed by atoms with E-state index >= 15 is 0 Å². The van der Waals surface area contributed by atoms with E-state index in [4.69, 9.17) is 4.74 Å². The minimum atomic E-state index is 0.596. The van der Waals surface area contributed by atoms with E-state index in [9.17, 15) is 0 Å². The average molecular weight is 278 g/mol. The number of anilines is 2. The van der Waals surface area contributed by atoms with Gasteiger partial charge in [0.2, 0.25) is 5.95 Å². The Morgan fingerprint density at radius 3 is 2.90 bits per heavy atom. The Morgan fingerprint density at radius 1 is 1.20 bits per heavy atom. The molecular formula is C13H22N6O. The molecule has 0 unspecified atom stereocenters. The first kappa shape index (κ1) is 14.5. The molecular weight excluding hydrogens is 256 g/mol. The maximum Gasteiger partial charge on any atom is 0.226 e. The number of nitrogens with one attached hydrogen (secondary N) is 3. The van der Waals surface area contributed by atoms with Crippen LogP contribution in [0.25, 0.3) is 11.0 Å². The molecule has 3 N–H and O–H groups in total. The van der Waals surface area contributed by atoms with Crippen molar-refractivity contribution in [3.8, 4) is 0 Å². The molecule has 0 amide bonds. The molecule has 2 aromatic heterocycles. The summed E-state index contributed by atoms with van der Waals surface area (Å²) in [6, 6.07) is 0. The summed E-state index contributed by atoms with van der Waals surface area (Å²) in [6.07, 6.45) is 3.98. The number of unbranched alkanes of at least 4 members (excludes halogenated alkanes) is 1. The van der Waals surface area contributed by atoms with Crippen molar-refractivity contribution in [2.24, 2.45) is 0 Å². The zero-order chi connectivity index (χ0) is 14.2. The maximum atomic E-state index is 5.52. The number of rotatable bonds is 9. The van der Waals surface area contributed by atoms with Gasteiger partial charge in [0.1, 0.15) is 5.82 Å². The zero-order valence-corrected chi connectivity index (χ0v) is 12.1. The van der Waals surface area contributed by atoms with Gasteiger partial charge >= 0.3 is 0 Å². The Hall–Kier alpha value is -1.89. The van der Waals surface area contributed by atoms with E-state index in [1.165, 1.54) is 0 Å². The normalized spacial score (nSPS) is 10.9. The maximum absolute atomic E-state index is 5.52. The van der Waals surface area contributed by atoms with E-state index in [0.29, 0.717) is 19.1 Å². The Balaban J connectivity index is 1.95.